The Morgan fingerprint density at radius 1 is 0.868 bits per heavy atom. The average molecular weight is 536 g/mol. The Bertz CT molecular complexity index is 1340. The van der Waals surface area contributed by atoms with Crippen LogP contribution < -0.4 is 9.62 Å². The van der Waals surface area contributed by atoms with Crippen molar-refractivity contribution in [1.82, 2.24) is 10.2 Å². The molecular formula is C30H37N3O4S. The molecule has 0 aromatic heterocycles. The SMILES string of the molecule is CNC(=O)[C@@H](Cc1ccccc1)N(Cc1cccc(C)c1)C(=O)CCCN(c1cccc(C)c1)S(C)(=O)=O. The highest BCUT2D eigenvalue weighted by molar-refractivity contribution is 7.92. The van der Waals surface area contributed by atoms with Crippen LogP contribution >= 0.6 is 0 Å². The van der Waals surface area contributed by atoms with Crippen molar-refractivity contribution < 1.29 is 18.0 Å². The fourth-order valence-electron chi connectivity index (χ4n) is 4.51. The van der Waals surface area contributed by atoms with E-state index in [9.17, 15) is 18.0 Å². The lowest BCUT2D eigenvalue weighted by atomic mass is 10.0. The molecule has 0 unspecified atom stereocenters. The first-order chi connectivity index (χ1) is 18.1. The van der Waals surface area contributed by atoms with Gasteiger partial charge in [-0.25, -0.2) is 8.42 Å². The third-order valence-corrected chi connectivity index (χ3v) is 7.59. The second-order valence-corrected chi connectivity index (χ2v) is 11.5. The van der Waals surface area contributed by atoms with Gasteiger partial charge in [0.05, 0.1) is 11.9 Å². The number of nitrogens with zero attached hydrogens (tertiary/aromatic N) is 2. The first-order valence-electron chi connectivity index (χ1n) is 12.7. The zero-order valence-electron chi connectivity index (χ0n) is 22.6. The molecule has 0 bridgehead atoms. The van der Waals surface area contributed by atoms with Crippen molar-refractivity contribution >= 4 is 27.5 Å². The van der Waals surface area contributed by atoms with Gasteiger partial charge in [-0.2, -0.15) is 0 Å². The van der Waals surface area contributed by atoms with Crippen LogP contribution in [0.4, 0.5) is 5.69 Å². The van der Waals surface area contributed by atoms with E-state index >= 15 is 0 Å². The maximum absolute atomic E-state index is 13.7. The van der Waals surface area contributed by atoms with Crippen molar-refractivity contribution in [3.05, 3.63) is 101 Å². The third kappa shape index (κ3) is 8.18. The molecule has 0 radical (unpaired) electrons. The Labute approximate surface area is 226 Å². The van der Waals surface area contributed by atoms with Crippen molar-refractivity contribution in [2.45, 2.75) is 45.7 Å². The van der Waals surface area contributed by atoms with Gasteiger partial charge in [-0.05, 0) is 49.1 Å². The lowest BCUT2D eigenvalue weighted by Gasteiger charge is -2.31. The summed E-state index contributed by atoms with van der Waals surface area (Å²) in [6, 6.07) is 24.1. The van der Waals surface area contributed by atoms with Gasteiger partial charge in [0.15, 0.2) is 0 Å². The number of amides is 2. The molecule has 0 spiro atoms. The lowest BCUT2D eigenvalue weighted by Crippen LogP contribution is -2.49. The smallest absolute Gasteiger partial charge is 0.242 e. The molecular weight excluding hydrogens is 498 g/mol. The van der Waals surface area contributed by atoms with Crippen molar-refractivity contribution in [1.29, 1.82) is 0 Å². The van der Waals surface area contributed by atoms with E-state index in [0.717, 1.165) is 22.3 Å². The maximum Gasteiger partial charge on any atom is 0.242 e. The fraction of sp³-hybridized carbons (Fsp3) is 0.333. The minimum absolute atomic E-state index is 0.103. The van der Waals surface area contributed by atoms with Gasteiger partial charge in [-0.1, -0.05) is 72.3 Å². The summed E-state index contributed by atoms with van der Waals surface area (Å²) in [5, 5.41) is 2.72. The Balaban J connectivity index is 1.84. The molecule has 3 aromatic carbocycles. The molecule has 0 aliphatic rings. The number of nitrogens with one attached hydrogen (secondary N) is 1. The molecule has 0 saturated heterocycles. The number of likely N-dealkylation sites (N-methyl/N-ethyl adjacent to an activating group) is 1. The monoisotopic (exact) mass is 535 g/mol. The molecule has 7 nitrogen and oxygen atoms in total. The molecule has 1 N–H and O–H groups in total. The molecule has 38 heavy (non-hydrogen) atoms. The van der Waals surface area contributed by atoms with E-state index in [1.807, 2.05) is 86.6 Å². The summed E-state index contributed by atoms with van der Waals surface area (Å²) >= 11 is 0. The van der Waals surface area contributed by atoms with Crippen LogP contribution in [-0.2, 0) is 32.6 Å². The van der Waals surface area contributed by atoms with Crippen LogP contribution in [0.25, 0.3) is 0 Å². The zero-order chi connectivity index (χ0) is 27.7. The van der Waals surface area contributed by atoms with Crippen LogP contribution in [0, 0.1) is 13.8 Å². The maximum atomic E-state index is 13.7. The Morgan fingerprint density at radius 2 is 1.50 bits per heavy atom. The van der Waals surface area contributed by atoms with E-state index < -0.39 is 16.1 Å². The molecule has 3 rings (SSSR count). The second kappa shape index (κ2) is 13.2. The predicted molar refractivity (Wildman–Crippen MR) is 152 cm³/mol. The first-order valence-corrected chi connectivity index (χ1v) is 14.6. The number of benzene rings is 3. The Hall–Kier alpha value is -3.65. The van der Waals surface area contributed by atoms with Gasteiger partial charge in [0.2, 0.25) is 21.8 Å². The highest BCUT2D eigenvalue weighted by atomic mass is 32.2. The van der Waals surface area contributed by atoms with Crippen LogP contribution in [0.15, 0.2) is 78.9 Å². The minimum atomic E-state index is -3.54. The zero-order valence-corrected chi connectivity index (χ0v) is 23.4. The molecule has 0 aliphatic carbocycles. The quantitative estimate of drug-likeness (QED) is 0.376. The van der Waals surface area contributed by atoms with Gasteiger partial charge in [0.1, 0.15) is 6.04 Å². The number of carbonyl (C=O) groups excluding carboxylic acids is 2. The highest BCUT2D eigenvalue weighted by Gasteiger charge is 2.30. The normalized spacial score (nSPS) is 12.0. The first kappa shape index (κ1) is 28.9. The fourth-order valence-corrected chi connectivity index (χ4v) is 5.47. The van der Waals surface area contributed by atoms with Crippen molar-refractivity contribution in [2.75, 3.05) is 24.2 Å². The molecule has 3 aromatic rings. The molecule has 0 fully saturated rings. The van der Waals surface area contributed by atoms with Crippen molar-refractivity contribution in [2.24, 2.45) is 0 Å². The summed E-state index contributed by atoms with van der Waals surface area (Å²) in [4.78, 5) is 28.4. The van der Waals surface area contributed by atoms with E-state index in [4.69, 9.17) is 0 Å². The van der Waals surface area contributed by atoms with Crippen molar-refractivity contribution in [3.63, 3.8) is 0 Å². The summed E-state index contributed by atoms with van der Waals surface area (Å²) in [5.74, 6) is -0.443. The Morgan fingerprint density at radius 3 is 2.11 bits per heavy atom. The average Bonchev–Trinajstić information content (AvgIpc) is 2.88. The molecule has 0 aliphatic heterocycles. The molecule has 2 amide bonds. The molecule has 0 heterocycles. The number of hydrogen-bond acceptors (Lipinski definition) is 4. The van der Waals surface area contributed by atoms with Crippen LogP contribution in [0.2, 0.25) is 0 Å². The van der Waals surface area contributed by atoms with Gasteiger partial charge in [0, 0.05) is 33.0 Å². The summed E-state index contributed by atoms with van der Waals surface area (Å²) in [5.41, 5.74) is 4.47. The van der Waals surface area contributed by atoms with Crippen LogP contribution in [0.5, 0.6) is 0 Å². The third-order valence-electron chi connectivity index (χ3n) is 6.39. The molecule has 8 heteroatoms. The van der Waals surface area contributed by atoms with Crippen LogP contribution in [0.3, 0.4) is 0 Å². The number of aryl methyl sites for hydroxylation is 2. The van der Waals surface area contributed by atoms with E-state index in [-0.39, 0.29) is 31.3 Å². The molecule has 202 valence electrons. The summed E-state index contributed by atoms with van der Waals surface area (Å²) in [6.07, 6.45) is 1.96. The lowest BCUT2D eigenvalue weighted by molar-refractivity contribution is -0.141. The topological polar surface area (TPSA) is 86.8 Å². The van der Waals surface area contributed by atoms with E-state index in [0.29, 0.717) is 18.5 Å². The van der Waals surface area contributed by atoms with Crippen molar-refractivity contribution in [3.8, 4) is 0 Å². The number of carbonyl (C=O) groups is 2. The van der Waals surface area contributed by atoms with Gasteiger partial charge in [-0.15, -0.1) is 0 Å². The summed E-state index contributed by atoms with van der Waals surface area (Å²) < 4.78 is 26.4. The largest absolute Gasteiger partial charge is 0.357 e. The van der Waals surface area contributed by atoms with Crippen LogP contribution in [-0.4, -0.2) is 51.0 Å². The van der Waals surface area contributed by atoms with Crippen LogP contribution in [0.1, 0.15) is 35.1 Å². The summed E-state index contributed by atoms with van der Waals surface area (Å²) in [7, 11) is -1.97. The number of hydrogen-bond donors (Lipinski definition) is 1. The second-order valence-electron chi connectivity index (χ2n) is 9.61. The number of rotatable bonds is 12. The molecule has 0 saturated carbocycles. The molecule has 1 atom stereocenters. The van der Waals surface area contributed by atoms with E-state index in [2.05, 4.69) is 5.32 Å². The van der Waals surface area contributed by atoms with Gasteiger partial charge in [-0.3, -0.25) is 13.9 Å². The number of sulfonamides is 1. The standard InChI is InChI=1S/C30H37N3O4S/c1-23-11-8-15-26(19-23)22-32(28(30(35)31-3)21-25-13-6-5-7-14-25)29(34)17-10-18-33(38(4,36)37)27-16-9-12-24(2)20-27/h5-9,11-16,19-20,28H,10,17-18,21-22H2,1-4H3,(H,31,35)/t28-/m1/s1. The Kier molecular flexibility index (Phi) is 10.1. The number of anilines is 1. The minimum Gasteiger partial charge on any atom is -0.357 e. The van der Waals surface area contributed by atoms with E-state index in [1.165, 1.54) is 10.6 Å². The highest BCUT2D eigenvalue weighted by Crippen LogP contribution is 2.21. The summed E-state index contributed by atoms with van der Waals surface area (Å²) in [6.45, 7) is 4.33. The van der Waals surface area contributed by atoms with Gasteiger partial charge >= 0.3 is 0 Å². The van der Waals surface area contributed by atoms with Gasteiger partial charge in [0.25, 0.3) is 0 Å². The van der Waals surface area contributed by atoms with Gasteiger partial charge < -0.3 is 10.2 Å². The predicted octanol–water partition coefficient (Wildman–Crippen LogP) is 4.24. The van der Waals surface area contributed by atoms with E-state index in [1.54, 1.807) is 18.0 Å².